The fourth-order valence-electron chi connectivity index (χ4n) is 1.09. The zero-order valence-electron chi connectivity index (χ0n) is 9.40. The number of hydrogen-bond acceptors (Lipinski definition) is 3. The maximum atomic E-state index is 11.3. The maximum Gasteiger partial charge on any atom is 0.241 e. The van der Waals surface area contributed by atoms with Crippen LogP contribution in [0.1, 0.15) is 13.8 Å². The highest BCUT2D eigenvalue weighted by Gasteiger charge is 2.07. The summed E-state index contributed by atoms with van der Waals surface area (Å²) in [5.74, 6) is 0.531. The van der Waals surface area contributed by atoms with Crippen LogP contribution in [0, 0.1) is 0 Å². The first-order chi connectivity index (χ1) is 7.13. The molecule has 5 heteroatoms. The van der Waals surface area contributed by atoms with Crippen molar-refractivity contribution < 1.29 is 9.53 Å². The van der Waals surface area contributed by atoms with E-state index in [0.29, 0.717) is 12.3 Å². The third kappa shape index (κ3) is 4.51. The van der Waals surface area contributed by atoms with Gasteiger partial charge in [-0.1, -0.05) is 6.07 Å². The number of nitrogens with two attached hydrogens (primary N) is 1. The zero-order valence-corrected chi connectivity index (χ0v) is 10.2. The molecule has 1 amide bonds. The second-order valence-corrected chi connectivity index (χ2v) is 3.24. The van der Waals surface area contributed by atoms with Crippen LogP contribution in [-0.2, 0) is 4.79 Å². The molecule has 1 atom stereocenters. The maximum absolute atomic E-state index is 11.3. The minimum atomic E-state index is -0.513. The Morgan fingerprint density at radius 1 is 1.56 bits per heavy atom. The fraction of sp³-hybridized carbons (Fsp3) is 0.364. The minimum absolute atomic E-state index is 0. The number of ether oxygens (including phenoxy) is 1. The Bertz CT molecular complexity index is 343. The number of anilines is 1. The van der Waals surface area contributed by atoms with Crippen LogP contribution in [0.4, 0.5) is 5.69 Å². The second-order valence-electron chi connectivity index (χ2n) is 3.24. The van der Waals surface area contributed by atoms with E-state index in [1.54, 1.807) is 19.1 Å². The van der Waals surface area contributed by atoms with Gasteiger partial charge in [0.2, 0.25) is 5.91 Å². The van der Waals surface area contributed by atoms with Crippen LogP contribution in [0.5, 0.6) is 5.75 Å². The lowest BCUT2D eigenvalue weighted by Crippen LogP contribution is -2.32. The van der Waals surface area contributed by atoms with Gasteiger partial charge in [-0.2, -0.15) is 0 Å². The van der Waals surface area contributed by atoms with Crippen LogP contribution in [0.25, 0.3) is 0 Å². The molecule has 0 aliphatic heterocycles. The molecule has 0 saturated heterocycles. The lowest BCUT2D eigenvalue weighted by Gasteiger charge is -2.09. The molecule has 3 N–H and O–H groups in total. The molecule has 0 radical (unpaired) electrons. The number of nitrogens with one attached hydrogen (secondary N) is 1. The number of hydrogen-bond donors (Lipinski definition) is 2. The molecule has 1 rings (SSSR count). The van der Waals surface area contributed by atoms with Crippen LogP contribution in [0.2, 0.25) is 0 Å². The summed E-state index contributed by atoms with van der Waals surface area (Å²) in [6, 6.07) is 6.71. The first kappa shape index (κ1) is 14.7. The summed E-state index contributed by atoms with van der Waals surface area (Å²) < 4.78 is 5.31. The smallest absolute Gasteiger partial charge is 0.241 e. The van der Waals surface area contributed by atoms with Gasteiger partial charge in [0, 0.05) is 11.8 Å². The lowest BCUT2D eigenvalue weighted by molar-refractivity contribution is -0.117. The van der Waals surface area contributed by atoms with Gasteiger partial charge < -0.3 is 15.8 Å². The highest BCUT2D eigenvalue weighted by molar-refractivity contribution is 5.94. The van der Waals surface area contributed by atoms with Gasteiger partial charge in [-0.25, -0.2) is 0 Å². The predicted octanol–water partition coefficient (Wildman–Crippen LogP) is 1.79. The molecule has 0 heterocycles. The first-order valence-electron chi connectivity index (χ1n) is 4.92. The number of halogens is 1. The van der Waals surface area contributed by atoms with E-state index in [9.17, 15) is 4.79 Å². The van der Waals surface area contributed by atoms with Crippen molar-refractivity contribution in [2.24, 2.45) is 5.73 Å². The van der Waals surface area contributed by atoms with Crippen molar-refractivity contribution in [1.29, 1.82) is 0 Å². The van der Waals surface area contributed by atoms with E-state index in [4.69, 9.17) is 10.5 Å². The molecule has 16 heavy (non-hydrogen) atoms. The normalized spacial score (nSPS) is 11.2. The van der Waals surface area contributed by atoms with Crippen molar-refractivity contribution in [1.82, 2.24) is 0 Å². The second kappa shape index (κ2) is 7.09. The molecule has 1 aromatic carbocycles. The molecule has 0 saturated carbocycles. The summed E-state index contributed by atoms with van der Waals surface area (Å²) in [5, 5.41) is 2.70. The van der Waals surface area contributed by atoms with Crippen molar-refractivity contribution in [2.45, 2.75) is 19.9 Å². The molecule has 0 fully saturated rings. The average Bonchev–Trinajstić information content (AvgIpc) is 2.18. The fourth-order valence-corrected chi connectivity index (χ4v) is 1.09. The van der Waals surface area contributed by atoms with Crippen LogP contribution >= 0.6 is 12.4 Å². The standard InChI is InChI=1S/C11H16N2O2.ClH/c1-3-15-10-6-4-5-9(7-10)13-11(14)8(2)12;/h4-8H,3,12H2,1-2H3,(H,13,14);1H. The van der Waals surface area contributed by atoms with Crippen molar-refractivity contribution in [3.63, 3.8) is 0 Å². The van der Waals surface area contributed by atoms with E-state index in [2.05, 4.69) is 5.32 Å². The van der Waals surface area contributed by atoms with Crippen molar-refractivity contribution in [2.75, 3.05) is 11.9 Å². The summed E-state index contributed by atoms with van der Waals surface area (Å²) in [4.78, 5) is 11.3. The summed E-state index contributed by atoms with van der Waals surface area (Å²) in [6.45, 7) is 4.15. The van der Waals surface area contributed by atoms with Gasteiger partial charge in [-0.3, -0.25) is 4.79 Å². The molecular formula is C11H17ClN2O2. The minimum Gasteiger partial charge on any atom is -0.494 e. The molecular weight excluding hydrogens is 228 g/mol. The van der Waals surface area contributed by atoms with E-state index in [1.807, 2.05) is 19.1 Å². The molecule has 0 aliphatic rings. The number of rotatable bonds is 4. The average molecular weight is 245 g/mol. The Balaban J connectivity index is 0.00000225. The van der Waals surface area contributed by atoms with Crippen molar-refractivity contribution in [3.8, 4) is 5.75 Å². The first-order valence-corrected chi connectivity index (χ1v) is 4.92. The Labute approximate surface area is 102 Å². The van der Waals surface area contributed by atoms with Gasteiger partial charge in [0.1, 0.15) is 5.75 Å². The highest BCUT2D eigenvalue weighted by Crippen LogP contribution is 2.17. The topological polar surface area (TPSA) is 64.3 Å². The zero-order chi connectivity index (χ0) is 11.3. The van der Waals surface area contributed by atoms with E-state index in [1.165, 1.54) is 0 Å². The van der Waals surface area contributed by atoms with Crippen molar-refractivity contribution in [3.05, 3.63) is 24.3 Å². The Hall–Kier alpha value is -1.26. The lowest BCUT2D eigenvalue weighted by atomic mass is 10.2. The Morgan fingerprint density at radius 2 is 2.25 bits per heavy atom. The highest BCUT2D eigenvalue weighted by atomic mass is 35.5. The summed E-state index contributed by atoms with van der Waals surface area (Å²) in [7, 11) is 0. The predicted molar refractivity (Wildman–Crippen MR) is 67.1 cm³/mol. The molecule has 0 bridgehead atoms. The third-order valence-corrected chi connectivity index (χ3v) is 1.83. The Morgan fingerprint density at radius 3 is 2.81 bits per heavy atom. The van der Waals surface area contributed by atoms with Gasteiger partial charge >= 0.3 is 0 Å². The largest absolute Gasteiger partial charge is 0.494 e. The van der Waals surface area contributed by atoms with Gasteiger partial charge in [-0.15, -0.1) is 12.4 Å². The molecule has 90 valence electrons. The Kier molecular flexibility index (Phi) is 6.53. The van der Waals surface area contributed by atoms with Crippen LogP contribution in [0.15, 0.2) is 24.3 Å². The van der Waals surface area contributed by atoms with Gasteiger partial charge in [0.15, 0.2) is 0 Å². The summed E-state index contributed by atoms with van der Waals surface area (Å²) in [6.07, 6.45) is 0. The third-order valence-electron chi connectivity index (χ3n) is 1.83. The van der Waals surface area contributed by atoms with E-state index < -0.39 is 6.04 Å². The number of amides is 1. The van der Waals surface area contributed by atoms with Gasteiger partial charge in [0.25, 0.3) is 0 Å². The van der Waals surface area contributed by atoms with Crippen molar-refractivity contribution >= 4 is 24.0 Å². The number of carbonyl (C=O) groups is 1. The van der Waals surface area contributed by atoms with Crippen LogP contribution in [0.3, 0.4) is 0 Å². The number of benzene rings is 1. The number of carbonyl (C=O) groups excluding carboxylic acids is 1. The molecule has 0 aliphatic carbocycles. The summed E-state index contributed by atoms with van der Waals surface area (Å²) in [5.41, 5.74) is 6.13. The molecule has 1 unspecified atom stereocenters. The van der Waals surface area contributed by atoms with E-state index in [-0.39, 0.29) is 18.3 Å². The molecule has 1 aromatic rings. The van der Waals surface area contributed by atoms with Gasteiger partial charge in [-0.05, 0) is 26.0 Å². The quantitative estimate of drug-likeness (QED) is 0.849. The monoisotopic (exact) mass is 244 g/mol. The van der Waals surface area contributed by atoms with Crippen LogP contribution < -0.4 is 15.8 Å². The summed E-state index contributed by atoms with van der Waals surface area (Å²) >= 11 is 0. The van der Waals surface area contributed by atoms with Crippen LogP contribution in [-0.4, -0.2) is 18.6 Å². The molecule has 4 nitrogen and oxygen atoms in total. The SMILES string of the molecule is CCOc1cccc(NC(=O)C(C)N)c1.Cl. The molecule has 0 aromatic heterocycles. The van der Waals surface area contributed by atoms with Gasteiger partial charge in [0.05, 0.1) is 12.6 Å². The van der Waals surface area contributed by atoms with E-state index in [0.717, 1.165) is 5.75 Å². The molecule has 0 spiro atoms. The van der Waals surface area contributed by atoms with E-state index >= 15 is 0 Å².